The van der Waals surface area contributed by atoms with Crippen LogP contribution in [0.3, 0.4) is 0 Å². The van der Waals surface area contributed by atoms with Crippen LogP contribution in [0.4, 0.5) is 5.69 Å². The molecule has 0 radical (unpaired) electrons. The number of nitrogens with one attached hydrogen (secondary N) is 1. The van der Waals surface area contributed by atoms with Gasteiger partial charge in [-0.05, 0) is 24.6 Å². The fraction of sp³-hybridized carbons (Fsp3) is 0.364. The van der Waals surface area contributed by atoms with E-state index in [0.717, 1.165) is 5.56 Å². The highest BCUT2D eigenvalue weighted by atomic mass is 16.3. The van der Waals surface area contributed by atoms with Crippen LogP contribution in [0.15, 0.2) is 18.2 Å². The molecule has 0 bridgehead atoms. The Bertz CT molecular complexity index is 379. The summed E-state index contributed by atoms with van der Waals surface area (Å²) in [5, 5.41) is 8.77. The molecule has 4 N–H and O–H groups in total. The number of nitrogens with two attached hydrogens (primary N) is 1. The van der Waals surface area contributed by atoms with Gasteiger partial charge in [-0.15, -0.1) is 0 Å². The molecule has 0 heterocycles. The van der Waals surface area contributed by atoms with Crippen LogP contribution in [0.2, 0.25) is 0 Å². The van der Waals surface area contributed by atoms with E-state index in [1.54, 1.807) is 19.2 Å². The Labute approximate surface area is 94.8 Å². The first kappa shape index (κ1) is 12.5. The Morgan fingerprint density at radius 3 is 2.81 bits per heavy atom. The van der Waals surface area contributed by atoms with Gasteiger partial charge in [0.15, 0.2) is 0 Å². The number of carbonyl (C=O) groups is 1. The third kappa shape index (κ3) is 2.71. The molecule has 16 heavy (non-hydrogen) atoms. The van der Waals surface area contributed by atoms with Gasteiger partial charge in [-0.3, -0.25) is 10.6 Å². The molecule has 1 amide bonds. The van der Waals surface area contributed by atoms with Gasteiger partial charge in [0.05, 0.1) is 17.9 Å². The number of carbonyl (C=O) groups excluding carboxylic acids is 1. The number of hydrazine groups is 1. The van der Waals surface area contributed by atoms with E-state index in [1.807, 2.05) is 13.0 Å². The van der Waals surface area contributed by atoms with Crippen LogP contribution in [0, 0.1) is 6.92 Å². The number of aliphatic hydroxyl groups is 1. The Morgan fingerprint density at radius 1 is 1.56 bits per heavy atom. The van der Waals surface area contributed by atoms with Crippen LogP contribution in [0.5, 0.6) is 0 Å². The number of nitrogen functional groups attached to an aromatic ring is 1. The van der Waals surface area contributed by atoms with Gasteiger partial charge in [-0.2, -0.15) is 0 Å². The summed E-state index contributed by atoms with van der Waals surface area (Å²) < 4.78 is 0. The van der Waals surface area contributed by atoms with E-state index in [0.29, 0.717) is 17.8 Å². The van der Waals surface area contributed by atoms with E-state index in [1.165, 1.54) is 4.90 Å². The fourth-order valence-electron chi connectivity index (χ4n) is 1.42. The lowest BCUT2D eigenvalue weighted by atomic mass is 10.1. The van der Waals surface area contributed by atoms with Gasteiger partial charge in [0.2, 0.25) is 0 Å². The van der Waals surface area contributed by atoms with Crippen LogP contribution in [0.25, 0.3) is 0 Å². The standard InChI is InChI=1S/C11H17N3O2/c1-8-3-4-9(10(7-8)13-12)11(16)14(2)5-6-15/h3-4,7,13,15H,5-6,12H2,1-2H3. The molecule has 0 aromatic heterocycles. The molecule has 0 spiro atoms. The Hall–Kier alpha value is -1.59. The fourth-order valence-corrected chi connectivity index (χ4v) is 1.42. The van der Waals surface area contributed by atoms with Gasteiger partial charge in [0, 0.05) is 13.6 Å². The van der Waals surface area contributed by atoms with Gasteiger partial charge in [0.1, 0.15) is 0 Å². The molecule has 0 saturated heterocycles. The minimum Gasteiger partial charge on any atom is -0.395 e. The second-order valence-corrected chi connectivity index (χ2v) is 3.64. The zero-order valence-corrected chi connectivity index (χ0v) is 9.53. The van der Waals surface area contributed by atoms with Gasteiger partial charge >= 0.3 is 0 Å². The van der Waals surface area contributed by atoms with E-state index in [2.05, 4.69) is 5.43 Å². The number of nitrogens with zero attached hydrogens (tertiary/aromatic N) is 1. The highest BCUT2D eigenvalue weighted by Crippen LogP contribution is 2.17. The van der Waals surface area contributed by atoms with Crippen molar-refractivity contribution in [2.75, 3.05) is 25.6 Å². The van der Waals surface area contributed by atoms with Gasteiger partial charge in [0.25, 0.3) is 5.91 Å². The normalized spacial score (nSPS) is 10.0. The summed E-state index contributed by atoms with van der Waals surface area (Å²) in [6.45, 7) is 2.17. The molecule has 5 heteroatoms. The van der Waals surface area contributed by atoms with Crippen LogP contribution in [-0.4, -0.2) is 36.1 Å². The average molecular weight is 223 g/mol. The number of rotatable bonds is 4. The molecule has 1 rings (SSSR count). The molecule has 1 aromatic rings. The van der Waals surface area contributed by atoms with Crippen molar-refractivity contribution in [2.45, 2.75) is 6.92 Å². The molecule has 0 aliphatic rings. The van der Waals surface area contributed by atoms with E-state index in [4.69, 9.17) is 10.9 Å². The summed E-state index contributed by atoms with van der Waals surface area (Å²) in [5.41, 5.74) is 4.62. The molecular formula is C11H17N3O2. The molecule has 1 aromatic carbocycles. The zero-order chi connectivity index (χ0) is 12.1. The van der Waals surface area contributed by atoms with Crippen LogP contribution < -0.4 is 11.3 Å². The van der Waals surface area contributed by atoms with Crippen molar-refractivity contribution in [3.05, 3.63) is 29.3 Å². The van der Waals surface area contributed by atoms with Crippen molar-refractivity contribution in [3.63, 3.8) is 0 Å². The number of likely N-dealkylation sites (N-methyl/N-ethyl adjacent to an activating group) is 1. The monoisotopic (exact) mass is 223 g/mol. The molecule has 0 saturated carbocycles. The summed E-state index contributed by atoms with van der Waals surface area (Å²) in [5.74, 6) is 5.20. The van der Waals surface area contributed by atoms with Crippen LogP contribution >= 0.6 is 0 Å². The highest BCUT2D eigenvalue weighted by molar-refractivity contribution is 5.99. The first-order chi connectivity index (χ1) is 7.60. The topological polar surface area (TPSA) is 78.6 Å². The summed E-state index contributed by atoms with van der Waals surface area (Å²) >= 11 is 0. The van der Waals surface area contributed by atoms with E-state index in [-0.39, 0.29) is 12.5 Å². The number of aryl methyl sites for hydroxylation is 1. The Balaban J connectivity index is 2.98. The van der Waals surface area contributed by atoms with Gasteiger partial charge in [-0.25, -0.2) is 0 Å². The van der Waals surface area contributed by atoms with Crippen molar-refractivity contribution in [3.8, 4) is 0 Å². The largest absolute Gasteiger partial charge is 0.395 e. The molecule has 0 fully saturated rings. The number of amides is 1. The van der Waals surface area contributed by atoms with Crippen molar-refractivity contribution < 1.29 is 9.90 Å². The maximum absolute atomic E-state index is 11.9. The van der Waals surface area contributed by atoms with Crippen molar-refractivity contribution in [1.82, 2.24) is 4.90 Å². The molecule has 0 aliphatic carbocycles. The summed E-state index contributed by atoms with van der Waals surface area (Å²) in [6.07, 6.45) is 0. The quantitative estimate of drug-likeness (QED) is 0.508. The van der Waals surface area contributed by atoms with Crippen molar-refractivity contribution in [1.29, 1.82) is 0 Å². The van der Waals surface area contributed by atoms with Crippen molar-refractivity contribution in [2.24, 2.45) is 5.84 Å². The minimum absolute atomic E-state index is 0.0561. The van der Waals surface area contributed by atoms with E-state index < -0.39 is 0 Å². The molecule has 0 unspecified atom stereocenters. The lowest BCUT2D eigenvalue weighted by molar-refractivity contribution is 0.0768. The SMILES string of the molecule is Cc1ccc(C(=O)N(C)CCO)c(NN)c1. The molecule has 0 atom stereocenters. The first-order valence-electron chi connectivity index (χ1n) is 5.03. The second-order valence-electron chi connectivity index (χ2n) is 3.64. The Morgan fingerprint density at radius 2 is 2.25 bits per heavy atom. The predicted molar refractivity (Wildman–Crippen MR) is 63.0 cm³/mol. The minimum atomic E-state index is -0.165. The molecule has 88 valence electrons. The van der Waals surface area contributed by atoms with Crippen molar-refractivity contribution >= 4 is 11.6 Å². The Kier molecular flexibility index (Phi) is 4.28. The molecular weight excluding hydrogens is 206 g/mol. The molecule has 0 aliphatic heterocycles. The molecule has 5 nitrogen and oxygen atoms in total. The van der Waals surface area contributed by atoms with Crippen LogP contribution in [0.1, 0.15) is 15.9 Å². The number of hydrogen-bond acceptors (Lipinski definition) is 4. The number of hydrogen-bond donors (Lipinski definition) is 3. The van der Waals surface area contributed by atoms with Crippen LogP contribution in [-0.2, 0) is 0 Å². The lowest BCUT2D eigenvalue weighted by Gasteiger charge is -2.18. The summed E-state index contributed by atoms with van der Waals surface area (Å²) in [6, 6.07) is 5.38. The summed E-state index contributed by atoms with van der Waals surface area (Å²) in [7, 11) is 1.64. The maximum Gasteiger partial charge on any atom is 0.255 e. The van der Waals surface area contributed by atoms with E-state index in [9.17, 15) is 4.79 Å². The van der Waals surface area contributed by atoms with Gasteiger partial charge in [-0.1, -0.05) is 6.07 Å². The third-order valence-corrected chi connectivity index (χ3v) is 2.34. The van der Waals surface area contributed by atoms with Gasteiger partial charge < -0.3 is 15.4 Å². The number of aliphatic hydroxyl groups excluding tert-OH is 1. The average Bonchev–Trinajstić information content (AvgIpc) is 2.28. The number of benzene rings is 1. The second kappa shape index (κ2) is 5.48. The van der Waals surface area contributed by atoms with E-state index >= 15 is 0 Å². The predicted octanol–water partition coefficient (Wildman–Crippen LogP) is 0.345. The lowest BCUT2D eigenvalue weighted by Crippen LogP contribution is -2.30. The third-order valence-electron chi connectivity index (χ3n) is 2.34. The number of anilines is 1. The smallest absolute Gasteiger partial charge is 0.255 e. The first-order valence-corrected chi connectivity index (χ1v) is 5.03. The highest BCUT2D eigenvalue weighted by Gasteiger charge is 2.14. The zero-order valence-electron chi connectivity index (χ0n) is 9.53. The maximum atomic E-state index is 11.9. The summed E-state index contributed by atoms with van der Waals surface area (Å²) in [4.78, 5) is 13.4.